The summed E-state index contributed by atoms with van der Waals surface area (Å²) in [6.45, 7) is 11.9. The quantitative estimate of drug-likeness (QED) is 0.834. The van der Waals surface area contributed by atoms with Crippen LogP contribution in [-0.4, -0.2) is 40.4 Å². The number of nitrogens with one attached hydrogen (secondary N) is 1. The van der Waals surface area contributed by atoms with E-state index in [1.165, 1.54) is 22.3 Å². The van der Waals surface area contributed by atoms with Crippen molar-refractivity contribution in [3.05, 3.63) is 15.9 Å². The lowest BCUT2D eigenvalue weighted by Gasteiger charge is -2.38. The third kappa shape index (κ3) is 3.20. The summed E-state index contributed by atoms with van der Waals surface area (Å²) in [4.78, 5) is 2.59. The minimum absolute atomic E-state index is 0.692. The highest BCUT2D eigenvalue weighted by Crippen LogP contribution is 2.25. The Morgan fingerprint density at radius 1 is 1.37 bits per heavy atom. The molecule has 1 aromatic rings. The van der Waals surface area contributed by atoms with Crippen molar-refractivity contribution >= 4 is 15.9 Å². The molecule has 0 unspecified atom stereocenters. The van der Waals surface area contributed by atoms with Crippen molar-refractivity contribution in [3.63, 3.8) is 0 Å². The maximum atomic E-state index is 4.69. The summed E-state index contributed by atoms with van der Waals surface area (Å²) in [6, 6.07) is 0.692. The van der Waals surface area contributed by atoms with E-state index < -0.39 is 0 Å². The predicted molar refractivity (Wildman–Crippen MR) is 82.3 cm³/mol. The molecule has 1 aliphatic heterocycles. The fourth-order valence-corrected chi connectivity index (χ4v) is 3.26. The van der Waals surface area contributed by atoms with E-state index in [1.807, 2.05) is 0 Å². The molecular weight excluding hydrogens is 304 g/mol. The zero-order chi connectivity index (χ0) is 13.8. The van der Waals surface area contributed by atoms with Crippen LogP contribution in [0.25, 0.3) is 0 Å². The summed E-state index contributed by atoms with van der Waals surface area (Å²) in [5.74, 6) is 0. The summed E-state index contributed by atoms with van der Waals surface area (Å²) in [7, 11) is 0. The zero-order valence-corrected chi connectivity index (χ0v) is 13.8. The molecule has 2 rings (SSSR count). The lowest BCUT2D eigenvalue weighted by atomic mass is 10.1. The van der Waals surface area contributed by atoms with Crippen molar-refractivity contribution in [2.75, 3.05) is 19.6 Å². The Labute approximate surface area is 124 Å². The lowest BCUT2D eigenvalue weighted by Crippen LogP contribution is -2.57. The van der Waals surface area contributed by atoms with Crippen LogP contribution in [0.5, 0.6) is 0 Å². The number of aromatic nitrogens is 2. The van der Waals surface area contributed by atoms with E-state index in [-0.39, 0.29) is 0 Å². The Morgan fingerprint density at radius 2 is 2.11 bits per heavy atom. The van der Waals surface area contributed by atoms with Gasteiger partial charge < -0.3 is 5.32 Å². The van der Waals surface area contributed by atoms with Crippen molar-refractivity contribution in [1.29, 1.82) is 0 Å². The molecule has 0 atom stereocenters. The van der Waals surface area contributed by atoms with E-state index in [9.17, 15) is 0 Å². The van der Waals surface area contributed by atoms with Crippen LogP contribution in [0, 0.1) is 0 Å². The lowest BCUT2D eigenvalue weighted by molar-refractivity contribution is 0.134. The van der Waals surface area contributed by atoms with Crippen LogP contribution in [0.3, 0.4) is 0 Å². The second-order valence-corrected chi connectivity index (χ2v) is 5.95. The van der Waals surface area contributed by atoms with Gasteiger partial charge in [0.05, 0.1) is 15.9 Å². The van der Waals surface area contributed by atoms with Crippen LogP contribution in [0.15, 0.2) is 4.47 Å². The molecule has 19 heavy (non-hydrogen) atoms. The summed E-state index contributed by atoms with van der Waals surface area (Å²) in [5, 5.41) is 8.06. The third-order valence-corrected chi connectivity index (χ3v) is 4.75. The monoisotopic (exact) mass is 328 g/mol. The number of halogens is 1. The van der Waals surface area contributed by atoms with Crippen LogP contribution in [0.2, 0.25) is 0 Å². The molecule has 1 aromatic heterocycles. The highest BCUT2D eigenvalue weighted by atomic mass is 79.9. The zero-order valence-electron chi connectivity index (χ0n) is 12.2. The number of nitrogens with zero attached hydrogens (tertiary/aromatic N) is 3. The fourth-order valence-electron chi connectivity index (χ4n) is 2.57. The van der Waals surface area contributed by atoms with E-state index in [1.54, 1.807) is 0 Å². The van der Waals surface area contributed by atoms with Gasteiger partial charge in [-0.3, -0.25) is 9.58 Å². The Balaban J connectivity index is 2.17. The highest BCUT2D eigenvalue weighted by molar-refractivity contribution is 9.10. The number of rotatable bonds is 7. The standard InChI is InChI=1S/C14H25BrN4/c1-4-7-18(11-8-16-9-11)10-13-14(15)12(5-2)17-19(13)6-3/h11,16H,4-10H2,1-3H3. The van der Waals surface area contributed by atoms with Crippen LogP contribution >= 0.6 is 15.9 Å². The third-order valence-electron chi connectivity index (χ3n) is 3.83. The second-order valence-electron chi connectivity index (χ2n) is 5.16. The SMILES string of the molecule is CCCN(Cc1c(Br)c(CC)nn1CC)C1CNC1. The van der Waals surface area contributed by atoms with Crippen molar-refractivity contribution in [2.24, 2.45) is 0 Å². The predicted octanol–water partition coefficient (Wildman–Crippen LogP) is 2.41. The topological polar surface area (TPSA) is 33.1 Å². The van der Waals surface area contributed by atoms with E-state index in [2.05, 4.69) is 51.6 Å². The van der Waals surface area contributed by atoms with E-state index in [4.69, 9.17) is 5.10 Å². The molecule has 0 aromatic carbocycles. The first kappa shape index (κ1) is 15.0. The van der Waals surface area contributed by atoms with Crippen LogP contribution in [0.4, 0.5) is 0 Å². The van der Waals surface area contributed by atoms with E-state index >= 15 is 0 Å². The molecule has 0 saturated carbocycles. The first-order chi connectivity index (χ1) is 9.21. The molecule has 0 amide bonds. The van der Waals surface area contributed by atoms with Crippen LogP contribution < -0.4 is 5.32 Å². The summed E-state index contributed by atoms with van der Waals surface area (Å²) >= 11 is 3.75. The van der Waals surface area contributed by atoms with E-state index in [0.29, 0.717) is 6.04 Å². The van der Waals surface area contributed by atoms with Crippen molar-refractivity contribution in [3.8, 4) is 0 Å². The van der Waals surface area contributed by atoms with Gasteiger partial charge in [0.2, 0.25) is 0 Å². The Morgan fingerprint density at radius 3 is 2.58 bits per heavy atom. The van der Waals surface area contributed by atoms with Gasteiger partial charge in [0, 0.05) is 32.2 Å². The van der Waals surface area contributed by atoms with Gasteiger partial charge in [-0.2, -0.15) is 5.10 Å². The summed E-state index contributed by atoms with van der Waals surface area (Å²) in [6.07, 6.45) is 2.19. The van der Waals surface area contributed by atoms with Gasteiger partial charge in [0.1, 0.15) is 0 Å². The molecule has 2 heterocycles. The Hall–Kier alpha value is -0.390. The first-order valence-corrected chi connectivity index (χ1v) is 8.19. The van der Waals surface area contributed by atoms with Gasteiger partial charge in [-0.15, -0.1) is 0 Å². The molecule has 1 fully saturated rings. The van der Waals surface area contributed by atoms with Crippen LogP contribution in [-0.2, 0) is 19.5 Å². The number of hydrogen-bond acceptors (Lipinski definition) is 3. The van der Waals surface area contributed by atoms with Crippen molar-refractivity contribution in [1.82, 2.24) is 20.0 Å². The van der Waals surface area contributed by atoms with Gasteiger partial charge in [-0.1, -0.05) is 13.8 Å². The molecule has 4 nitrogen and oxygen atoms in total. The maximum absolute atomic E-state index is 4.69. The van der Waals surface area contributed by atoms with Crippen LogP contribution in [0.1, 0.15) is 38.6 Å². The number of hydrogen-bond donors (Lipinski definition) is 1. The fraction of sp³-hybridized carbons (Fsp3) is 0.786. The second kappa shape index (κ2) is 6.86. The average molecular weight is 329 g/mol. The minimum Gasteiger partial charge on any atom is -0.314 e. The molecule has 0 spiro atoms. The molecule has 1 saturated heterocycles. The largest absolute Gasteiger partial charge is 0.314 e. The van der Waals surface area contributed by atoms with Gasteiger partial charge >= 0.3 is 0 Å². The molecule has 5 heteroatoms. The summed E-state index contributed by atoms with van der Waals surface area (Å²) < 4.78 is 3.36. The average Bonchev–Trinajstić information content (AvgIpc) is 2.64. The van der Waals surface area contributed by atoms with Crippen molar-refractivity contribution < 1.29 is 0 Å². The molecule has 0 aliphatic carbocycles. The molecule has 1 aliphatic rings. The number of aryl methyl sites for hydroxylation is 2. The van der Waals surface area contributed by atoms with Gasteiger partial charge in [0.15, 0.2) is 0 Å². The Bertz CT molecular complexity index is 412. The summed E-state index contributed by atoms with van der Waals surface area (Å²) in [5.41, 5.74) is 2.51. The normalized spacial score (nSPS) is 16.1. The maximum Gasteiger partial charge on any atom is 0.0767 e. The smallest absolute Gasteiger partial charge is 0.0767 e. The first-order valence-electron chi connectivity index (χ1n) is 7.40. The van der Waals surface area contributed by atoms with E-state index in [0.717, 1.165) is 39.1 Å². The Kier molecular flexibility index (Phi) is 5.42. The van der Waals surface area contributed by atoms with Gasteiger partial charge in [0.25, 0.3) is 0 Å². The molecule has 0 bridgehead atoms. The molecule has 108 valence electrons. The van der Waals surface area contributed by atoms with Crippen molar-refractivity contribution in [2.45, 2.75) is 52.7 Å². The minimum atomic E-state index is 0.692. The molecule has 1 N–H and O–H groups in total. The molecule has 0 radical (unpaired) electrons. The van der Waals surface area contributed by atoms with Gasteiger partial charge in [-0.05, 0) is 42.2 Å². The highest BCUT2D eigenvalue weighted by Gasteiger charge is 2.26. The van der Waals surface area contributed by atoms with Gasteiger partial charge in [-0.25, -0.2) is 0 Å². The molecular formula is C14H25BrN4.